The number of nitrogens with one attached hydrogen (secondary N) is 1. The van der Waals surface area contributed by atoms with Gasteiger partial charge in [0, 0.05) is 56.6 Å². The molecule has 1 N–H and O–H groups in total. The quantitative estimate of drug-likeness (QED) is 0.412. The van der Waals surface area contributed by atoms with Crippen LogP contribution in [0.5, 0.6) is 5.75 Å². The average Bonchev–Trinajstić information content (AvgIpc) is 3.33. The van der Waals surface area contributed by atoms with E-state index in [0.29, 0.717) is 30.1 Å². The Morgan fingerprint density at radius 2 is 1.78 bits per heavy atom. The highest BCUT2D eigenvalue weighted by molar-refractivity contribution is 5.76. The summed E-state index contributed by atoms with van der Waals surface area (Å²) in [4.78, 5) is 28.0. The molecule has 1 saturated heterocycles. The van der Waals surface area contributed by atoms with E-state index in [1.165, 1.54) is 10.1 Å². The summed E-state index contributed by atoms with van der Waals surface area (Å²) < 4.78 is 8.36. The van der Waals surface area contributed by atoms with E-state index in [1.807, 2.05) is 18.2 Å². The van der Waals surface area contributed by atoms with E-state index in [1.54, 1.807) is 36.0 Å². The van der Waals surface area contributed by atoms with E-state index >= 15 is 0 Å². The number of carbonyl (C=O) groups excluding carboxylic acids is 1. The fourth-order valence-corrected chi connectivity index (χ4v) is 4.65. The first kappa shape index (κ1) is 23.7. The molecule has 1 amide bonds. The second kappa shape index (κ2) is 10.7. The van der Waals surface area contributed by atoms with Crippen LogP contribution >= 0.6 is 0 Å². The molecule has 2 aromatic carbocycles. The van der Waals surface area contributed by atoms with Gasteiger partial charge in [-0.25, -0.2) is 0 Å². The Morgan fingerprint density at radius 1 is 1.03 bits per heavy atom. The minimum Gasteiger partial charge on any atom is -0.497 e. The fraction of sp³-hybridized carbons (Fsp3) is 0.333. The minimum absolute atomic E-state index is 0.000153. The van der Waals surface area contributed by atoms with Gasteiger partial charge in [-0.2, -0.15) is 0 Å². The molecule has 9 heteroatoms. The van der Waals surface area contributed by atoms with Crippen molar-refractivity contribution in [2.24, 2.45) is 0 Å². The maximum absolute atomic E-state index is 13.0. The average molecular weight is 487 g/mol. The molecule has 0 bridgehead atoms. The Morgan fingerprint density at radius 3 is 2.50 bits per heavy atom. The summed E-state index contributed by atoms with van der Waals surface area (Å²) >= 11 is 0. The molecule has 1 aliphatic heterocycles. The van der Waals surface area contributed by atoms with Gasteiger partial charge < -0.3 is 10.1 Å². The number of hydrogen-bond acceptors (Lipinski definition) is 6. The van der Waals surface area contributed by atoms with Gasteiger partial charge in [0.05, 0.1) is 7.11 Å². The van der Waals surface area contributed by atoms with Crippen molar-refractivity contribution in [3.63, 3.8) is 0 Å². The molecular weight excluding hydrogens is 456 g/mol. The molecule has 186 valence electrons. The Kier molecular flexibility index (Phi) is 7.08. The Bertz CT molecular complexity index is 1370. The molecule has 0 radical (unpaired) electrons. The number of aromatic nitrogens is 4. The minimum atomic E-state index is -0.270. The van der Waals surface area contributed by atoms with Gasteiger partial charge >= 0.3 is 5.56 Å². The van der Waals surface area contributed by atoms with Crippen LogP contribution in [0.3, 0.4) is 0 Å². The van der Waals surface area contributed by atoms with Crippen molar-refractivity contribution in [3.8, 4) is 11.4 Å². The topological polar surface area (TPSA) is 93.8 Å². The van der Waals surface area contributed by atoms with Gasteiger partial charge in [0.2, 0.25) is 11.6 Å². The van der Waals surface area contributed by atoms with Gasteiger partial charge in [0.25, 0.3) is 0 Å². The largest absolute Gasteiger partial charge is 0.497 e. The molecule has 3 heterocycles. The number of rotatable bonds is 8. The van der Waals surface area contributed by atoms with E-state index in [4.69, 9.17) is 4.74 Å². The van der Waals surface area contributed by atoms with Gasteiger partial charge in [-0.1, -0.05) is 30.3 Å². The summed E-state index contributed by atoms with van der Waals surface area (Å²) in [7, 11) is 1.60. The second-order valence-corrected chi connectivity index (χ2v) is 9.08. The van der Waals surface area contributed by atoms with Crippen LogP contribution in [0.1, 0.15) is 30.7 Å². The SMILES string of the molecule is COc1ccc(-n2ccn3c(CCC(=O)NC4CCN(Cc5ccccc5)CC4)nnc3c2=O)cc1. The molecule has 0 spiro atoms. The van der Waals surface area contributed by atoms with Crippen LogP contribution in [0.25, 0.3) is 11.3 Å². The first-order valence-electron chi connectivity index (χ1n) is 12.3. The van der Waals surface area contributed by atoms with Crippen LogP contribution in [-0.4, -0.2) is 56.2 Å². The van der Waals surface area contributed by atoms with Crippen LogP contribution in [-0.2, 0) is 17.8 Å². The zero-order valence-corrected chi connectivity index (χ0v) is 20.3. The van der Waals surface area contributed by atoms with Crippen LogP contribution in [0.15, 0.2) is 71.8 Å². The number of amides is 1. The van der Waals surface area contributed by atoms with E-state index in [9.17, 15) is 9.59 Å². The highest BCUT2D eigenvalue weighted by atomic mass is 16.5. The van der Waals surface area contributed by atoms with Crippen LogP contribution in [0.4, 0.5) is 0 Å². The summed E-state index contributed by atoms with van der Waals surface area (Å²) in [5.41, 5.74) is 1.99. The molecule has 1 aliphatic rings. The van der Waals surface area contributed by atoms with Crippen LogP contribution < -0.4 is 15.6 Å². The van der Waals surface area contributed by atoms with Crippen molar-refractivity contribution in [1.29, 1.82) is 0 Å². The Labute approximate surface area is 209 Å². The standard InChI is InChI=1S/C27H30N6O3/c1-36-23-9-7-22(8-10-23)32-17-18-33-24(29-30-26(33)27(32)35)11-12-25(34)28-21-13-15-31(16-14-21)19-20-5-3-2-4-6-20/h2-10,17-18,21H,11-16,19H2,1H3,(H,28,34). The molecule has 1 fully saturated rings. The lowest BCUT2D eigenvalue weighted by Crippen LogP contribution is -2.44. The molecular formula is C27H30N6O3. The molecule has 2 aromatic heterocycles. The number of likely N-dealkylation sites (tertiary alicyclic amines) is 1. The van der Waals surface area contributed by atoms with Crippen molar-refractivity contribution >= 4 is 11.6 Å². The van der Waals surface area contributed by atoms with E-state index in [-0.39, 0.29) is 23.2 Å². The van der Waals surface area contributed by atoms with Gasteiger partial charge in [-0.05, 0) is 42.7 Å². The van der Waals surface area contributed by atoms with Crippen molar-refractivity contribution in [2.75, 3.05) is 20.2 Å². The maximum atomic E-state index is 13.0. The predicted octanol–water partition coefficient (Wildman–Crippen LogP) is 2.60. The van der Waals surface area contributed by atoms with Gasteiger partial charge in [0.15, 0.2) is 0 Å². The monoisotopic (exact) mass is 486 g/mol. The molecule has 0 atom stereocenters. The number of hydrogen-bond donors (Lipinski definition) is 1. The molecule has 5 rings (SSSR count). The Balaban J connectivity index is 1.15. The number of ether oxygens (including phenoxy) is 1. The zero-order chi connectivity index (χ0) is 24.9. The van der Waals surface area contributed by atoms with E-state index in [0.717, 1.165) is 32.5 Å². The van der Waals surface area contributed by atoms with E-state index < -0.39 is 0 Å². The summed E-state index contributed by atoms with van der Waals surface area (Å²) in [6.45, 7) is 2.88. The molecule has 36 heavy (non-hydrogen) atoms. The normalized spacial score (nSPS) is 14.7. The first-order valence-corrected chi connectivity index (χ1v) is 12.3. The van der Waals surface area contributed by atoms with Crippen molar-refractivity contribution in [2.45, 2.75) is 38.3 Å². The molecule has 9 nitrogen and oxygen atoms in total. The fourth-order valence-electron chi connectivity index (χ4n) is 4.65. The number of methoxy groups -OCH3 is 1. The van der Waals surface area contributed by atoms with Crippen LogP contribution in [0.2, 0.25) is 0 Å². The summed E-state index contributed by atoms with van der Waals surface area (Å²) in [5, 5.41) is 11.4. The van der Waals surface area contributed by atoms with E-state index in [2.05, 4.69) is 44.7 Å². The number of carbonyl (C=O) groups is 1. The zero-order valence-electron chi connectivity index (χ0n) is 20.3. The van der Waals surface area contributed by atoms with Gasteiger partial charge in [-0.15, -0.1) is 10.2 Å². The third-order valence-electron chi connectivity index (χ3n) is 6.67. The molecule has 0 aliphatic carbocycles. The lowest BCUT2D eigenvalue weighted by atomic mass is 10.0. The van der Waals surface area contributed by atoms with Crippen molar-refractivity contribution in [3.05, 3.63) is 88.7 Å². The number of benzene rings is 2. The number of fused-ring (bicyclic) bond motifs is 1. The third-order valence-corrected chi connectivity index (χ3v) is 6.67. The molecule has 4 aromatic rings. The highest BCUT2D eigenvalue weighted by Gasteiger charge is 2.21. The van der Waals surface area contributed by atoms with Gasteiger partial charge in [-0.3, -0.25) is 23.5 Å². The highest BCUT2D eigenvalue weighted by Crippen LogP contribution is 2.15. The summed E-state index contributed by atoms with van der Waals surface area (Å²) in [6, 6.07) is 17.9. The van der Waals surface area contributed by atoms with Crippen LogP contribution in [0, 0.1) is 0 Å². The number of piperidine rings is 1. The number of nitrogens with zero attached hydrogens (tertiary/aromatic N) is 5. The summed E-state index contributed by atoms with van der Waals surface area (Å²) in [6.07, 6.45) is 6.04. The lowest BCUT2D eigenvalue weighted by Gasteiger charge is -2.32. The van der Waals surface area contributed by atoms with Crippen molar-refractivity contribution < 1.29 is 9.53 Å². The second-order valence-electron chi connectivity index (χ2n) is 9.08. The Hall–Kier alpha value is -3.98. The van der Waals surface area contributed by atoms with Gasteiger partial charge in [0.1, 0.15) is 11.6 Å². The maximum Gasteiger partial charge on any atom is 0.300 e. The number of aryl methyl sites for hydroxylation is 1. The molecule has 0 unspecified atom stereocenters. The predicted molar refractivity (Wildman–Crippen MR) is 136 cm³/mol. The molecule has 0 saturated carbocycles. The van der Waals surface area contributed by atoms with Crippen molar-refractivity contribution in [1.82, 2.24) is 29.4 Å². The third kappa shape index (κ3) is 5.31. The first-order chi connectivity index (χ1) is 17.6. The smallest absolute Gasteiger partial charge is 0.300 e. The summed E-state index contributed by atoms with van der Waals surface area (Å²) in [5.74, 6) is 1.31. The lowest BCUT2D eigenvalue weighted by molar-refractivity contribution is -0.122.